The molecule has 3 aliphatic rings. The fourth-order valence-electron chi connectivity index (χ4n) is 12.8. The molecule has 12 aromatic rings. The lowest BCUT2D eigenvalue weighted by atomic mass is 9.90. The van der Waals surface area contributed by atoms with Gasteiger partial charge in [0, 0.05) is 113 Å². The molecule has 0 aliphatic carbocycles. The van der Waals surface area contributed by atoms with Gasteiger partial charge in [0.05, 0.1) is 52.0 Å². The van der Waals surface area contributed by atoms with E-state index in [1.54, 1.807) is 42.7 Å². The van der Waals surface area contributed by atoms with Crippen molar-refractivity contribution in [2.75, 3.05) is 109 Å². The van der Waals surface area contributed by atoms with E-state index in [4.69, 9.17) is 31.4 Å². The number of likely N-dealkylation sites (tertiary alicyclic amines) is 1. The molecule has 0 saturated carbocycles. The van der Waals surface area contributed by atoms with Crippen LogP contribution in [-0.2, 0) is 13.0 Å². The van der Waals surface area contributed by atoms with E-state index in [1.807, 2.05) is 94.7 Å². The first-order valence-corrected chi connectivity index (χ1v) is 35.5. The predicted molar refractivity (Wildman–Crippen MR) is 397 cm³/mol. The number of nitrogens with two attached hydrogens (primary N) is 3. The summed E-state index contributed by atoms with van der Waals surface area (Å²) < 4.78 is 45.6. The number of methoxy groups -OCH3 is 3. The number of aromatic nitrogens is 6. The number of nitrogen functional groups attached to an aromatic ring is 3. The maximum Gasteiger partial charge on any atom is 0.259 e. The number of carbonyl (C=O) groups excluding carboxylic acids is 3. The zero-order valence-electron chi connectivity index (χ0n) is 56.1. The van der Waals surface area contributed by atoms with Crippen molar-refractivity contribution in [3.8, 4) is 51.0 Å². The Morgan fingerprint density at radius 1 is 0.446 bits per heavy atom. The number of piperidine rings is 1. The molecule has 3 saturated heterocycles. The summed E-state index contributed by atoms with van der Waals surface area (Å²) in [6.07, 6.45) is 7.86. The summed E-state index contributed by atoms with van der Waals surface area (Å²) in [6, 6.07) is 45.0. The molecule has 0 spiro atoms. The Morgan fingerprint density at radius 3 is 1.21 bits per heavy atom. The van der Waals surface area contributed by atoms with E-state index >= 15 is 0 Å². The van der Waals surface area contributed by atoms with E-state index in [2.05, 4.69) is 70.9 Å². The number of rotatable bonds is 14. The van der Waals surface area contributed by atoms with Crippen LogP contribution in [0.5, 0.6) is 17.6 Å². The van der Waals surface area contributed by atoms with Gasteiger partial charge in [-0.1, -0.05) is 94.2 Å². The number of pyridine rings is 3. The normalized spacial score (nSPS) is 14.3. The number of fused-ring (bicyclic) bond motifs is 3. The van der Waals surface area contributed by atoms with Gasteiger partial charge >= 0.3 is 0 Å². The fourth-order valence-corrected chi connectivity index (χ4v) is 15.1. The van der Waals surface area contributed by atoms with E-state index in [1.165, 1.54) is 83.6 Å². The summed E-state index contributed by atoms with van der Waals surface area (Å²) in [5.41, 5.74) is 31.4. The molecule has 0 bridgehead atoms. The summed E-state index contributed by atoms with van der Waals surface area (Å²) >= 11 is 4.30. The molecule has 20 nitrogen and oxygen atoms in total. The minimum atomic E-state index is -0.259. The van der Waals surface area contributed by atoms with Gasteiger partial charge in [0.15, 0.2) is 15.4 Å². The third-order valence-electron chi connectivity index (χ3n) is 18.3. The first-order valence-electron chi connectivity index (χ1n) is 33.0. The number of hydrogen-bond acceptors (Lipinski definition) is 20. The average molecular weight is 1410 g/mol. The van der Waals surface area contributed by atoms with Crippen LogP contribution in [0.15, 0.2) is 164 Å². The van der Waals surface area contributed by atoms with Crippen LogP contribution in [0.3, 0.4) is 0 Å². The van der Waals surface area contributed by atoms with Crippen LogP contribution >= 0.6 is 34.0 Å². The molecule has 516 valence electrons. The predicted octanol–water partition coefficient (Wildman–Crippen LogP) is 13.4. The Hall–Kier alpha value is -10.7. The van der Waals surface area contributed by atoms with Crippen LogP contribution in [0, 0.1) is 24.5 Å². The molecule has 0 unspecified atom stereocenters. The van der Waals surface area contributed by atoms with Crippen LogP contribution in [0.4, 0.5) is 29.9 Å². The van der Waals surface area contributed by atoms with Crippen molar-refractivity contribution in [2.24, 2.45) is 5.92 Å². The lowest BCUT2D eigenvalue weighted by Gasteiger charge is -2.36. The molecule has 6 N–H and O–H groups in total. The molecule has 6 aromatic heterocycles. The molecule has 15 rings (SSSR count). The highest BCUT2D eigenvalue weighted by molar-refractivity contribution is 7.22. The van der Waals surface area contributed by atoms with E-state index in [0.717, 1.165) is 114 Å². The maximum atomic E-state index is 13.4. The van der Waals surface area contributed by atoms with Gasteiger partial charge < -0.3 is 51.0 Å². The zero-order valence-corrected chi connectivity index (χ0v) is 58.6. The van der Waals surface area contributed by atoms with Crippen LogP contribution in [-0.4, -0.2) is 154 Å². The maximum absolute atomic E-state index is 13.4. The number of ether oxygens (including phenoxy) is 3. The van der Waals surface area contributed by atoms with Crippen LogP contribution in [0.1, 0.15) is 60.6 Å². The van der Waals surface area contributed by atoms with E-state index in [0.29, 0.717) is 108 Å². The topological polar surface area (TPSA) is 251 Å². The summed E-state index contributed by atoms with van der Waals surface area (Å²) in [4.78, 5) is 76.5. The second-order valence-corrected chi connectivity index (χ2v) is 28.1. The van der Waals surface area contributed by atoms with Gasteiger partial charge in [-0.25, -0.2) is 38.7 Å². The standard InChI is InChI=1S/C26H25FN4O2S.C26H27N5O2S.C24H22FN5O2S/c1-33-24-21(13-19(15-29-24)18-4-7-22-23(14-18)34-26(28)30-22)25(32)31-10-8-17(9-11-31)12-16-2-5-20(27)6-3-16;1-17-3-5-18(6-4-17)16-30-9-11-31(12-10-30)25(32)21-13-20(15-28-24(21)33-2)19-7-8-22-23(14-19)34-26(27)29-22;1-32-22-19(12-16(14-27-22)15-2-7-20-21(13-15)33-24(26)28-20)23(31)30-10-8-29(9-11-30)18-5-3-17(25)4-6-18/h2-7,13-15,17H,8-12H2,1H3,(H2,28,30);3-8,13-15H,9-12,16H2,1-2H3,(H2,27,29);2-7,12-14H,8-11H2,1H3,(H2,26,28). The first kappa shape index (κ1) is 68.8. The summed E-state index contributed by atoms with van der Waals surface area (Å²) in [7, 11) is 4.59. The van der Waals surface area contributed by atoms with Crippen molar-refractivity contribution in [3.05, 3.63) is 209 Å². The Kier molecular flexibility index (Phi) is 21.0. The number of nitrogens with zero attached hydrogens (tertiary/aromatic N) is 11. The molecule has 25 heteroatoms. The monoisotopic (exact) mass is 1410 g/mol. The molecule has 101 heavy (non-hydrogen) atoms. The number of thiazole rings is 3. The van der Waals surface area contributed by atoms with Gasteiger partial charge in [-0.15, -0.1) is 0 Å². The molecule has 3 fully saturated rings. The van der Waals surface area contributed by atoms with Crippen molar-refractivity contribution in [1.82, 2.24) is 49.5 Å². The van der Waals surface area contributed by atoms with Crippen LogP contribution in [0.25, 0.3) is 64.0 Å². The molecule has 3 amide bonds. The SMILES string of the molecule is COc1ncc(-c2ccc3nc(N)sc3c2)cc1C(=O)N1CCC(Cc2ccc(F)cc2)CC1.COc1ncc(-c2ccc3nc(N)sc3c2)cc1C(=O)N1CCN(Cc2ccc(C)cc2)CC1.COc1ncc(-c2ccc3nc(N)sc3c2)cc1C(=O)N1CCN(c2ccc(F)cc2)CC1. The van der Waals surface area contributed by atoms with Crippen molar-refractivity contribution in [1.29, 1.82) is 0 Å². The lowest BCUT2D eigenvalue weighted by Crippen LogP contribution is -2.48. The lowest BCUT2D eigenvalue weighted by molar-refractivity contribution is 0.0623. The van der Waals surface area contributed by atoms with Crippen molar-refractivity contribution in [2.45, 2.75) is 32.7 Å². The number of piperazine rings is 2. The van der Waals surface area contributed by atoms with E-state index in [9.17, 15) is 23.2 Å². The summed E-state index contributed by atoms with van der Waals surface area (Å²) in [5, 5.41) is 1.58. The quantitative estimate of drug-likeness (QED) is 0.0915. The molecule has 6 aromatic carbocycles. The van der Waals surface area contributed by atoms with Gasteiger partial charge in [-0.3, -0.25) is 19.3 Å². The van der Waals surface area contributed by atoms with Crippen molar-refractivity contribution < 1.29 is 37.4 Å². The van der Waals surface area contributed by atoms with E-state index < -0.39 is 0 Å². The van der Waals surface area contributed by atoms with Gasteiger partial charge in [0.2, 0.25) is 17.6 Å². The van der Waals surface area contributed by atoms with Gasteiger partial charge in [-0.2, -0.15) is 0 Å². The van der Waals surface area contributed by atoms with Crippen molar-refractivity contribution >= 4 is 103 Å². The molecule has 0 atom stereocenters. The number of anilines is 4. The second kappa shape index (κ2) is 30.8. The van der Waals surface area contributed by atoms with Gasteiger partial charge in [0.25, 0.3) is 17.7 Å². The van der Waals surface area contributed by atoms with Crippen LogP contribution in [0.2, 0.25) is 0 Å². The Morgan fingerprint density at radius 2 is 0.812 bits per heavy atom. The Balaban J connectivity index is 0.000000135. The first-order chi connectivity index (χ1) is 49.0. The minimum Gasteiger partial charge on any atom is -0.480 e. The number of hydrogen-bond donors (Lipinski definition) is 3. The number of carbonyl (C=O) groups is 3. The molecule has 0 radical (unpaired) electrons. The van der Waals surface area contributed by atoms with Gasteiger partial charge in [0.1, 0.15) is 28.3 Å². The highest BCUT2D eigenvalue weighted by atomic mass is 32.1. The molecular formula is C76H74F2N14O6S3. The Bertz CT molecular complexity index is 4750. The number of halogens is 2. The Labute approximate surface area is 594 Å². The zero-order chi connectivity index (χ0) is 70.3. The van der Waals surface area contributed by atoms with Crippen molar-refractivity contribution in [3.63, 3.8) is 0 Å². The number of benzene rings is 6. The summed E-state index contributed by atoms with van der Waals surface area (Å²) in [5.74, 6) is 0.716. The number of amides is 3. The highest BCUT2D eigenvalue weighted by Crippen LogP contribution is 2.36. The fraction of sp³-hybridized carbons (Fsp3) is 0.250. The van der Waals surface area contributed by atoms with Crippen LogP contribution < -0.4 is 36.3 Å². The molecular weight excluding hydrogens is 1340 g/mol. The third-order valence-corrected chi connectivity index (χ3v) is 20.9. The molecule has 9 heterocycles. The summed E-state index contributed by atoms with van der Waals surface area (Å²) in [6.45, 7) is 9.77. The average Bonchev–Trinajstić information content (AvgIpc) is 1.80. The third kappa shape index (κ3) is 16.1. The smallest absolute Gasteiger partial charge is 0.259 e. The minimum absolute atomic E-state index is 0.0516. The largest absolute Gasteiger partial charge is 0.480 e. The highest BCUT2D eigenvalue weighted by Gasteiger charge is 2.30. The molecule has 3 aliphatic heterocycles. The number of aryl methyl sites for hydroxylation is 1. The second-order valence-electron chi connectivity index (χ2n) is 24.9. The van der Waals surface area contributed by atoms with Gasteiger partial charge in [-0.05, 0) is 151 Å². The van der Waals surface area contributed by atoms with E-state index in [-0.39, 0.29) is 29.4 Å².